The summed E-state index contributed by atoms with van der Waals surface area (Å²) < 4.78 is 13.2. The van der Waals surface area contributed by atoms with Crippen LogP contribution in [0.15, 0.2) is 0 Å². The Hall–Kier alpha value is -0.150. The predicted octanol–water partition coefficient (Wildman–Crippen LogP) is 0.782. The Morgan fingerprint density at radius 3 is 2.42 bits per heavy atom. The molecule has 1 N–H and O–H groups in total. The maximum absolute atomic E-state index is 13.2. The molecule has 0 atom stereocenters. The van der Waals surface area contributed by atoms with E-state index in [1.54, 1.807) is 6.92 Å². The van der Waals surface area contributed by atoms with Crippen LogP contribution in [0.25, 0.3) is 0 Å². The van der Waals surface area contributed by atoms with Crippen molar-refractivity contribution in [1.82, 2.24) is 10.2 Å². The van der Waals surface area contributed by atoms with Gasteiger partial charge in [-0.1, -0.05) is 0 Å². The van der Waals surface area contributed by atoms with Crippen LogP contribution >= 0.6 is 0 Å². The molecule has 0 bridgehead atoms. The summed E-state index contributed by atoms with van der Waals surface area (Å²) in [4.78, 5) is 2.41. The summed E-state index contributed by atoms with van der Waals surface area (Å²) >= 11 is 0. The summed E-state index contributed by atoms with van der Waals surface area (Å²) in [5.41, 5.74) is -0.866. The van der Waals surface area contributed by atoms with Crippen LogP contribution in [0.5, 0.6) is 0 Å². The zero-order valence-corrected chi connectivity index (χ0v) is 7.65. The van der Waals surface area contributed by atoms with Gasteiger partial charge in [0.25, 0.3) is 0 Å². The van der Waals surface area contributed by atoms with Gasteiger partial charge in [0.05, 0.1) is 0 Å². The zero-order chi connectivity index (χ0) is 8.60. The Morgan fingerprint density at radius 2 is 1.92 bits per heavy atom. The molecule has 3 heteroatoms. The molecule has 0 aromatic carbocycles. The lowest BCUT2D eigenvalue weighted by atomic mass is 9.78. The molecule has 2 nitrogen and oxygen atoms in total. The molecule has 0 aromatic rings. The molecule has 12 heavy (non-hydrogen) atoms. The number of nitrogens with zero attached hydrogens (tertiary/aromatic N) is 1. The molecule has 1 heterocycles. The second kappa shape index (κ2) is 2.96. The van der Waals surface area contributed by atoms with Crippen LogP contribution in [0.4, 0.5) is 4.39 Å². The average Bonchev–Trinajstić information content (AvgIpc) is 2.02. The highest BCUT2D eigenvalue weighted by Crippen LogP contribution is 2.38. The minimum absolute atomic E-state index is 0.530. The molecule has 2 rings (SSSR count). The van der Waals surface area contributed by atoms with E-state index in [0.29, 0.717) is 6.04 Å². The maximum atomic E-state index is 13.2. The summed E-state index contributed by atoms with van der Waals surface area (Å²) in [6.07, 6.45) is 1.49. The third kappa shape index (κ3) is 1.62. The molecule has 1 aliphatic heterocycles. The molecule has 2 aliphatic rings. The molecule has 0 amide bonds. The number of hydrogen-bond acceptors (Lipinski definition) is 2. The molecule has 0 unspecified atom stereocenters. The van der Waals surface area contributed by atoms with Gasteiger partial charge in [-0.3, -0.25) is 4.90 Å². The van der Waals surface area contributed by atoms with Gasteiger partial charge in [0, 0.05) is 32.2 Å². The summed E-state index contributed by atoms with van der Waals surface area (Å²) in [5, 5.41) is 3.30. The monoisotopic (exact) mass is 172 g/mol. The summed E-state index contributed by atoms with van der Waals surface area (Å²) in [5.74, 6) is 0. The molecule has 1 aliphatic carbocycles. The van der Waals surface area contributed by atoms with Crippen molar-refractivity contribution in [2.45, 2.75) is 31.5 Å². The van der Waals surface area contributed by atoms with Gasteiger partial charge in [-0.15, -0.1) is 0 Å². The van der Waals surface area contributed by atoms with Crippen LogP contribution in [0, 0.1) is 0 Å². The van der Waals surface area contributed by atoms with E-state index in [4.69, 9.17) is 0 Å². The van der Waals surface area contributed by atoms with E-state index in [0.717, 1.165) is 39.0 Å². The smallest absolute Gasteiger partial charge is 0.111 e. The van der Waals surface area contributed by atoms with Crippen LogP contribution in [0.2, 0.25) is 0 Å². The van der Waals surface area contributed by atoms with E-state index < -0.39 is 5.67 Å². The zero-order valence-electron chi connectivity index (χ0n) is 7.65. The largest absolute Gasteiger partial charge is 0.314 e. The quantitative estimate of drug-likeness (QED) is 0.629. The average molecular weight is 172 g/mol. The Morgan fingerprint density at radius 1 is 1.33 bits per heavy atom. The fourth-order valence-electron chi connectivity index (χ4n) is 2.23. The first-order chi connectivity index (χ1) is 5.67. The van der Waals surface area contributed by atoms with Gasteiger partial charge >= 0.3 is 0 Å². The lowest BCUT2D eigenvalue weighted by molar-refractivity contribution is -0.0197. The molecule has 1 saturated carbocycles. The highest BCUT2D eigenvalue weighted by atomic mass is 19.1. The lowest BCUT2D eigenvalue weighted by Crippen LogP contribution is -2.56. The first-order valence-corrected chi connectivity index (χ1v) is 4.81. The van der Waals surface area contributed by atoms with E-state index in [-0.39, 0.29) is 0 Å². The minimum Gasteiger partial charge on any atom is -0.314 e. The van der Waals surface area contributed by atoms with Gasteiger partial charge in [-0.05, 0) is 19.8 Å². The normalized spacial score (nSPS) is 44.0. The number of nitrogens with one attached hydrogen (secondary N) is 1. The molecule has 0 aromatic heterocycles. The minimum atomic E-state index is -0.866. The number of alkyl halides is 1. The lowest BCUT2D eigenvalue weighted by Gasteiger charge is -2.46. The third-order valence-corrected chi connectivity index (χ3v) is 2.99. The van der Waals surface area contributed by atoms with Crippen LogP contribution in [0.3, 0.4) is 0 Å². The van der Waals surface area contributed by atoms with Gasteiger partial charge in [0.15, 0.2) is 0 Å². The van der Waals surface area contributed by atoms with Crippen LogP contribution in [-0.2, 0) is 0 Å². The van der Waals surface area contributed by atoms with Crippen molar-refractivity contribution >= 4 is 0 Å². The summed E-state index contributed by atoms with van der Waals surface area (Å²) in [6.45, 7) is 6.05. The van der Waals surface area contributed by atoms with Crippen molar-refractivity contribution in [1.29, 1.82) is 0 Å². The second-order valence-corrected chi connectivity index (χ2v) is 4.26. The fourth-order valence-corrected chi connectivity index (χ4v) is 2.23. The van der Waals surface area contributed by atoms with E-state index in [1.165, 1.54) is 0 Å². The van der Waals surface area contributed by atoms with Crippen molar-refractivity contribution in [3.63, 3.8) is 0 Å². The first-order valence-electron chi connectivity index (χ1n) is 4.81. The van der Waals surface area contributed by atoms with Crippen molar-refractivity contribution in [3.8, 4) is 0 Å². The van der Waals surface area contributed by atoms with Gasteiger partial charge < -0.3 is 5.32 Å². The van der Waals surface area contributed by atoms with Crippen LogP contribution < -0.4 is 5.32 Å². The first kappa shape index (κ1) is 8.45. The summed E-state index contributed by atoms with van der Waals surface area (Å²) in [6, 6.07) is 0.530. The van der Waals surface area contributed by atoms with E-state index >= 15 is 0 Å². The van der Waals surface area contributed by atoms with Crippen molar-refractivity contribution in [2.24, 2.45) is 0 Å². The Labute approximate surface area is 73.1 Å². The molecule has 70 valence electrons. The topological polar surface area (TPSA) is 15.3 Å². The fraction of sp³-hybridized carbons (Fsp3) is 1.00. The van der Waals surface area contributed by atoms with Gasteiger partial charge in [-0.2, -0.15) is 0 Å². The molecule has 0 spiro atoms. The molecule has 2 fully saturated rings. The van der Waals surface area contributed by atoms with Crippen LogP contribution in [-0.4, -0.2) is 42.8 Å². The predicted molar refractivity (Wildman–Crippen MR) is 47.0 cm³/mol. The number of halogens is 1. The van der Waals surface area contributed by atoms with Crippen molar-refractivity contribution in [3.05, 3.63) is 0 Å². The molecular weight excluding hydrogens is 155 g/mol. The standard InChI is InChI=1S/C9H17FN2/c1-9(10)6-8(7-9)12-4-2-11-3-5-12/h8,11H,2-7H2,1H3. The van der Waals surface area contributed by atoms with E-state index in [9.17, 15) is 4.39 Å². The van der Waals surface area contributed by atoms with Crippen molar-refractivity contribution in [2.75, 3.05) is 26.2 Å². The number of hydrogen-bond donors (Lipinski definition) is 1. The van der Waals surface area contributed by atoms with Gasteiger partial charge in [0.2, 0.25) is 0 Å². The molecular formula is C9H17FN2. The highest BCUT2D eigenvalue weighted by Gasteiger charge is 2.43. The maximum Gasteiger partial charge on any atom is 0.111 e. The highest BCUT2D eigenvalue weighted by molar-refractivity contribution is 4.97. The van der Waals surface area contributed by atoms with E-state index in [2.05, 4.69) is 10.2 Å². The SMILES string of the molecule is CC1(F)CC(N2CCNCC2)C1. The Bertz CT molecular complexity index is 156. The van der Waals surface area contributed by atoms with Crippen LogP contribution in [0.1, 0.15) is 19.8 Å². The molecule has 0 radical (unpaired) electrons. The summed E-state index contributed by atoms with van der Waals surface area (Å²) in [7, 11) is 0. The third-order valence-electron chi connectivity index (χ3n) is 2.99. The molecule has 1 saturated heterocycles. The number of rotatable bonds is 1. The van der Waals surface area contributed by atoms with Gasteiger partial charge in [0.1, 0.15) is 5.67 Å². The van der Waals surface area contributed by atoms with E-state index in [1.807, 2.05) is 0 Å². The number of piperazine rings is 1. The Balaban J connectivity index is 1.79. The van der Waals surface area contributed by atoms with Crippen molar-refractivity contribution < 1.29 is 4.39 Å². The van der Waals surface area contributed by atoms with Gasteiger partial charge in [-0.25, -0.2) is 4.39 Å². The second-order valence-electron chi connectivity index (χ2n) is 4.26. The Kier molecular flexibility index (Phi) is 2.09.